The maximum atomic E-state index is 5.04. The van der Waals surface area contributed by atoms with Crippen LogP contribution in [-0.4, -0.2) is 44.1 Å². The number of aromatic nitrogens is 4. The van der Waals surface area contributed by atoms with E-state index in [2.05, 4.69) is 20.6 Å². The van der Waals surface area contributed by atoms with E-state index in [1.807, 2.05) is 18.9 Å². The fourth-order valence-corrected chi connectivity index (χ4v) is 0.782. The highest BCUT2D eigenvalue weighted by Gasteiger charge is 2.08. The van der Waals surface area contributed by atoms with Crippen LogP contribution in [0.4, 0.5) is 0 Å². The number of nitrogens with zero attached hydrogens (tertiary/aromatic N) is 4. The lowest BCUT2D eigenvalue weighted by Gasteiger charge is -2.13. The molecule has 0 unspecified atom stereocenters. The highest BCUT2D eigenvalue weighted by molar-refractivity contribution is 7.80. The largest absolute Gasteiger partial charge is 0.363 e. The van der Waals surface area contributed by atoms with Crippen molar-refractivity contribution in [1.82, 2.24) is 25.5 Å². The molecule has 0 aliphatic carbocycles. The Labute approximate surface area is 69.8 Å². The molecule has 0 spiro atoms. The van der Waals surface area contributed by atoms with E-state index in [9.17, 15) is 0 Å². The molecule has 5 nitrogen and oxygen atoms in total. The summed E-state index contributed by atoms with van der Waals surface area (Å²) < 4.78 is 0. The van der Waals surface area contributed by atoms with Crippen molar-refractivity contribution in [3.05, 3.63) is 5.82 Å². The van der Waals surface area contributed by atoms with Gasteiger partial charge in [0.2, 0.25) is 5.82 Å². The van der Waals surface area contributed by atoms with E-state index in [4.69, 9.17) is 12.2 Å². The third kappa shape index (κ3) is 1.70. The zero-order valence-electron chi connectivity index (χ0n) is 6.40. The molecule has 0 aliphatic rings. The lowest BCUT2D eigenvalue weighted by atomic mass is 10.5. The quantitative estimate of drug-likeness (QED) is 0.626. The third-order valence-corrected chi connectivity index (χ3v) is 1.85. The van der Waals surface area contributed by atoms with Gasteiger partial charge in [0.15, 0.2) is 4.99 Å². The number of rotatable bonds is 2. The molecule has 1 aromatic heterocycles. The molecule has 60 valence electrons. The maximum absolute atomic E-state index is 5.04. The van der Waals surface area contributed by atoms with Crippen molar-refractivity contribution in [2.75, 3.05) is 13.6 Å². The third-order valence-electron chi connectivity index (χ3n) is 1.36. The number of H-pyrrole nitrogens is 1. The summed E-state index contributed by atoms with van der Waals surface area (Å²) in [4.78, 5) is 2.49. The Morgan fingerprint density at radius 2 is 2.45 bits per heavy atom. The van der Waals surface area contributed by atoms with Gasteiger partial charge >= 0.3 is 0 Å². The van der Waals surface area contributed by atoms with Crippen LogP contribution in [0.3, 0.4) is 0 Å². The lowest BCUT2D eigenvalue weighted by molar-refractivity contribution is 0.543. The second-order valence-electron chi connectivity index (χ2n) is 2.05. The maximum Gasteiger partial charge on any atom is 0.231 e. The van der Waals surface area contributed by atoms with E-state index in [0.717, 1.165) is 6.54 Å². The van der Waals surface area contributed by atoms with Crippen molar-refractivity contribution in [1.29, 1.82) is 0 Å². The van der Waals surface area contributed by atoms with Crippen LogP contribution in [0.2, 0.25) is 0 Å². The minimum absolute atomic E-state index is 0.476. The zero-order chi connectivity index (χ0) is 8.27. The Morgan fingerprint density at radius 1 is 1.73 bits per heavy atom. The average Bonchev–Trinajstić information content (AvgIpc) is 2.53. The summed E-state index contributed by atoms with van der Waals surface area (Å²) >= 11 is 5.04. The van der Waals surface area contributed by atoms with Gasteiger partial charge in [0.1, 0.15) is 0 Å². The van der Waals surface area contributed by atoms with Crippen LogP contribution >= 0.6 is 12.2 Å². The molecule has 0 saturated carbocycles. The van der Waals surface area contributed by atoms with Crippen molar-refractivity contribution in [3.63, 3.8) is 0 Å². The Hall–Kier alpha value is -1.04. The second-order valence-corrected chi connectivity index (χ2v) is 2.44. The van der Waals surface area contributed by atoms with Gasteiger partial charge in [0.25, 0.3) is 0 Å². The van der Waals surface area contributed by atoms with Gasteiger partial charge in [-0.2, -0.15) is 5.21 Å². The van der Waals surface area contributed by atoms with Crippen LogP contribution in [0.5, 0.6) is 0 Å². The molecule has 0 bridgehead atoms. The number of tetrazole rings is 1. The van der Waals surface area contributed by atoms with Gasteiger partial charge < -0.3 is 4.90 Å². The number of hydrogen-bond donors (Lipinski definition) is 1. The zero-order valence-corrected chi connectivity index (χ0v) is 7.22. The highest BCUT2D eigenvalue weighted by Crippen LogP contribution is 1.94. The SMILES string of the molecule is CCN(C)C(=S)c1nn[nH]n1. The average molecular weight is 171 g/mol. The van der Waals surface area contributed by atoms with Crippen molar-refractivity contribution >= 4 is 17.2 Å². The molecule has 0 saturated heterocycles. The number of nitrogens with one attached hydrogen (secondary N) is 1. The van der Waals surface area contributed by atoms with Crippen molar-refractivity contribution in [3.8, 4) is 0 Å². The number of aromatic amines is 1. The van der Waals surface area contributed by atoms with Gasteiger partial charge in [-0.3, -0.25) is 0 Å². The molecule has 0 aliphatic heterocycles. The molecule has 1 heterocycles. The van der Waals surface area contributed by atoms with Crippen LogP contribution in [0, 0.1) is 0 Å². The first kappa shape index (κ1) is 8.06. The van der Waals surface area contributed by atoms with E-state index in [-0.39, 0.29) is 0 Å². The molecule has 1 rings (SSSR count). The minimum Gasteiger partial charge on any atom is -0.363 e. The molecular formula is C5H9N5S. The summed E-state index contributed by atoms with van der Waals surface area (Å²) in [5, 5.41) is 13.3. The lowest BCUT2D eigenvalue weighted by Crippen LogP contribution is -2.26. The first-order valence-corrected chi connectivity index (χ1v) is 3.65. The standard InChI is InChI=1S/C5H9N5S/c1-3-10(2)5(11)4-6-8-9-7-4/h3H2,1-2H3,(H,6,7,8,9). The minimum atomic E-state index is 0.476. The molecule has 0 aromatic carbocycles. The van der Waals surface area contributed by atoms with E-state index in [1.54, 1.807) is 0 Å². The van der Waals surface area contributed by atoms with Gasteiger partial charge in [0.05, 0.1) is 0 Å². The van der Waals surface area contributed by atoms with E-state index in [1.165, 1.54) is 0 Å². The normalized spacial score (nSPS) is 9.64. The fraction of sp³-hybridized carbons (Fsp3) is 0.600. The first-order chi connectivity index (χ1) is 5.25. The summed E-state index contributed by atoms with van der Waals surface area (Å²) in [5.74, 6) is 0.476. The van der Waals surface area contributed by atoms with Crippen LogP contribution < -0.4 is 0 Å². The molecule has 0 amide bonds. The van der Waals surface area contributed by atoms with Gasteiger partial charge in [0, 0.05) is 13.6 Å². The van der Waals surface area contributed by atoms with Crippen LogP contribution in [0.25, 0.3) is 0 Å². The molecule has 6 heteroatoms. The summed E-state index contributed by atoms with van der Waals surface area (Å²) in [6.07, 6.45) is 0. The van der Waals surface area contributed by atoms with Crippen molar-refractivity contribution < 1.29 is 0 Å². The first-order valence-electron chi connectivity index (χ1n) is 3.24. The number of hydrogen-bond acceptors (Lipinski definition) is 4. The Kier molecular flexibility index (Phi) is 2.48. The molecule has 0 radical (unpaired) electrons. The molecular weight excluding hydrogens is 162 g/mol. The Morgan fingerprint density at radius 3 is 2.91 bits per heavy atom. The van der Waals surface area contributed by atoms with Gasteiger partial charge in [-0.25, -0.2) is 0 Å². The molecule has 11 heavy (non-hydrogen) atoms. The van der Waals surface area contributed by atoms with E-state index < -0.39 is 0 Å². The van der Waals surface area contributed by atoms with Gasteiger partial charge in [-0.1, -0.05) is 12.2 Å². The molecule has 1 aromatic rings. The summed E-state index contributed by atoms with van der Waals surface area (Å²) in [5.41, 5.74) is 0. The topological polar surface area (TPSA) is 57.7 Å². The van der Waals surface area contributed by atoms with Crippen LogP contribution in [0.15, 0.2) is 0 Å². The van der Waals surface area contributed by atoms with Crippen LogP contribution in [-0.2, 0) is 0 Å². The smallest absolute Gasteiger partial charge is 0.231 e. The van der Waals surface area contributed by atoms with Crippen molar-refractivity contribution in [2.45, 2.75) is 6.92 Å². The monoisotopic (exact) mass is 171 g/mol. The predicted molar refractivity (Wildman–Crippen MR) is 44.2 cm³/mol. The van der Waals surface area contributed by atoms with E-state index >= 15 is 0 Å². The van der Waals surface area contributed by atoms with Crippen molar-refractivity contribution in [2.24, 2.45) is 0 Å². The summed E-state index contributed by atoms with van der Waals surface area (Å²) in [6, 6.07) is 0. The van der Waals surface area contributed by atoms with E-state index in [0.29, 0.717) is 10.8 Å². The predicted octanol–water partition coefficient (Wildman–Crippen LogP) is -0.173. The molecule has 0 atom stereocenters. The molecule has 1 N–H and O–H groups in total. The summed E-state index contributed by atoms with van der Waals surface area (Å²) in [6.45, 7) is 2.85. The van der Waals surface area contributed by atoms with Gasteiger partial charge in [-0.05, 0) is 12.1 Å². The molecule has 0 fully saturated rings. The van der Waals surface area contributed by atoms with Gasteiger partial charge in [-0.15, -0.1) is 10.2 Å². The highest BCUT2D eigenvalue weighted by atomic mass is 32.1. The fourth-order valence-electron chi connectivity index (χ4n) is 0.567. The Bertz CT molecular complexity index is 231. The summed E-state index contributed by atoms with van der Waals surface area (Å²) in [7, 11) is 1.89. The van der Waals surface area contributed by atoms with Crippen LogP contribution in [0.1, 0.15) is 12.7 Å². The second kappa shape index (κ2) is 3.38. The number of thiocarbonyl (C=S) groups is 1. The Balaban J connectivity index is 2.70.